The van der Waals surface area contributed by atoms with Crippen molar-refractivity contribution in [1.82, 2.24) is 9.97 Å². The molecule has 0 radical (unpaired) electrons. The van der Waals surface area contributed by atoms with Gasteiger partial charge in [-0.2, -0.15) is 0 Å². The van der Waals surface area contributed by atoms with Gasteiger partial charge in [0.1, 0.15) is 11.2 Å². The van der Waals surface area contributed by atoms with Crippen LogP contribution in [0.15, 0.2) is 114 Å². The van der Waals surface area contributed by atoms with Crippen LogP contribution in [0.5, 0.6) is 0 Å². The average molecular weight is 422 g/mol. The molecule has 5 aromatic carbocycles. The Hall–Kier alpha value is -4.50. The van der Waals surface area contributed by atoms with E-state index in [0.717, 1.165) is 66.3 Å². The Labute approximate surface area is 190 Å². The van der Waals surface area contributed by atoms with Gasteiger partial charge >= 0.3 is 0 Å². The molecule has 0 saturated heterocycles. The number of hydrogen-bond acceptors (Lipinski definition) is 3. The molecule has 2 aromatic heterocycles. The zero-order chi connectivity index (χ0) is 21.8. The van der Waals surface area contributed by atoms with Gasteiger partial charge in [-0.15, -0.1) is 0 Å². The van der Waals surface area contributed by atoms with Gasteiger partial charge in [0.05, 0.1) is 22.4 Å². The van der Waals surface area contributed by atoms with Crippen LogP contribution in [0.1, 0.15) is 0 Å². The van der Waals surface area contributed by atoms with Gasteiger partial charge in [-0.25, -0.2) is 9.97 Å². The minimum absolute atomic E-state index is 0.870. The molecule has 0 unspecified atom stereocenters. The number of para-hydroxylation sites is 3. The van der Waals surface area contributed by atoms with E-state index in [1.54, 1.807) is 0 Å². The average Bonchev–Trinajstić information content (AvgIpc) is 3.27. The predicted octanol–water partition coefficient (Wildman–Crippen LogP) is 8.02. The van der Waals surface area contributed by atoms with E-state index in [0.29, 0.717) is 0 Å². The van der Waals surface area contributed by atoms with E-state index in [-0.39, 0.29) is 0 Å². The van der Waals surface area contributed by atoms with E-state index >= 15 is 0 Å². The van der Waals surface area contributed by atoms with Crippen LogP contribution in [-0.4, -0.2) is 9.97 Å². The first-order valence-corrected chi connectivity index (χ1v) is 11.0. The van der Waals surface area contributed by atoms with Gasteiger partial charge in [-0.1, -0.05) is 78.9 Å². The van der Waals surface area contributed by atoms with Gasteiger partial charge in [0.2, 0.25) is 0 Å². The Morgan fingerprint density at radius 1 is 0.485 bits per heavy atom. The van der Waals surface area contributed by atoms with Crippen LogP contribution >= 0.6 is 0 Å². The number of rotatable bonds is 2. The highest BCUT2D eigenvalue weighted by molar-refractivity contribution is 6.15. The molecule has 7 rings (SSSR count). The van der Waals surface area contributed by atoms with Gasteiger partial charge in [-0.3, -0.25) is 0 Å². The molecule has 0 aliphatic rings. The monoisotopic (exact) mass is 422 g/mol. The first-order valence-electron chi connectivity index (χ1n) is 11.0. The maximum atomic E-state index is 6.31. The summed E-state index contributed by atoms with van der Waals surface area (Å²) >= 11 is 0. The predicted molar refractivity (Wildman–Crippen MR) is 135 cm³/mol. The number of nitrogens with zero attached hydrogens (tertiary/aromatic N) is 2. The number of fused-ring (bicyclic) bond motifs is 6. The summed E-state index contributed by atoms with van der Waals surface area (Å²) in [6.45, 7) is 0. The highest BCUT2D eigenvalue weighted by Gasteiger charge is 2.15. The van der Waals surface area contributed by atoms with Gasteiger partial charge in [0.15, 0.2) is 0 Å². The van der Waals surface area contributed by atoms with Gasteiger partial charge in [0, 0.05) is 27.3 Å². The molecule has 0 aliphatic carbocycles. The largest absolute Gasteiger partial charge is 0.455 e. The smallest absolute Gasteiger partial charge is 0.143 e. The van der Waals surface area contributed by atoms with Crippen LogP contribution in [-0.2, 0) is 0 Å². The molecular formula is C30H18N2O. The molecule has 0 fully saturated rings. The molecule has 33 heavy (non-hydrogen) atoms. The van der Waals surface area contributed by atoms with Crippen LogP contribution in [0.4, 0.5) is 0 Å². The van der Waals surface area contributed by atoms with Crippen LogP contribution in [0, 0.1) is 0 Å². The molecule has 0 bridgehead atoms. The van der Waals surface area contributed by atoms with Crippen LogP contribution in [0.3, 0.4) is 0 Å². The number of benzene rings is 5. The zero-order valence-electron chi connectivity index (χ0n) is 17.7. The van der Waals surface area contributed by atoms with Crippen molar-refractivity contribution in [3.8, 4) is 22.5 Å². The van der Waals surface area contributed by atoms with E-state index in [4.69, 9.17) is 14.4 Å². The summed E-state index contributed by atoms with van der Waals surface area (Å²) in [7, 11) is 0. The molecule has 3 heteroatoms. The van der Waals surface area contributed by atoms with Gasteiger partial charge in [0.25, 0.3) is 0 Å². The zero-order valence-corrected chi connectivity index (χ0v) is 17.7. The fraction of sp³-hybridized carbons (Fsp3) is 0. The third kappa shape index (κ3) is 2.83. The van der Waals surface area contributed by atoms with Crippen LogP contribution in [0.25, 0.3) is 66.3 Å². The van der Waals surface area contributed by atoms with Crippen molar-refractivity contribution in [3.05, 3.63) is 109 Å². The first-order chi connectivity index (χ1) is 16.3. The summed E-state index contributed by atoms with van der Waals surface area (Å²) in [5, 5.41) is 4.48. The van der Waals surface area contributed by atoms with E-state index in [2.05, 4.69) is 54.6 Å². The standard InChI is InChI=1S/C30H18N2O/c1-2-8-20(9-3-1)28-29(32-26-12-6-5-11-25(26)31-28)21-15-14-19-16-17-23-22-10-4-7-13-27(22)33-30(23)24(19)18-21/h1-18H. The first kappa shape index (κ1) is 18.1. The molecule has 0 atom stereocenters. The highest BCUT2D eigenvalue weighted by atomic mass is 16.3. The number of furan rings is 1. The second-order valence-electron chi connectivity index (χ2n) is 8.25. The molecule has 0 amide bonds. The minimum atomic E-state index is 0.870. The molecule has 7 aromatic rings. The maximum absolute atomic E-state index is 6.31. The maximum Gasteiger partial charge on any atom is 0.143 e. The Kier molecular flexibility index (Phi) is 3.84. The summed E-state index contributed by atoms with van der Waals surface area (Å²) in [4.78, 5) is 10.1. The fourth-order valence-electron chi connectivity index (χ4n) is 4.65. The third-order valence-electron chi connectivity index (χ3n) is 6.25. The lowest BCUT2D eigenvalue weighted by Gasteiger charge is -2.11. The summed E-state index contributed by atoms with van der Waals surface area (Å²) in [6, 6.07) is 37.2. The van der Waals surface area contributed by atoms with Crippen molar-refractivity contribution >= 4 is 43.7 Å². The van der Waals surface area contributed by atoms with E-state index in [1.807, 2.05) is 54.6 Å². The molecule has 154 valence electrons. The van der Waals surface area contributed by atoms with Crippen molar-refractivity contribution < 1.29 is 4.42 Å². The van der Waals surface area contributed by atoms with Gasteiger partial charge < -0.3 is 4.42 Å². The second kappa shape index (κ2) is 7.01. The molecular weight excluding hydrogens is 404 g/mol. The van der Waals surface area contributed by atoms with Gasteiger partial charge in [-0.05, 0) is 35.7 Å². The lowest BCUT2D eigenvalue weighted by molar-refractivity contribution is 0.672. The number of aromatic nitrogens is 2. The quantitative estimate of drug-likeness (QED) is 0.283. The summed E-state index contributed by atoms with van der Waals surface area (Å²) in [6.07, 6.45) is 0. The van der Waals surface area contributed by atoms with E-state index < -0.39 is 0 Å². The highest BCUT2D eigenvalue weighted by Crippen LogP contribution is 2.37. The third-order valence-corrected chi connectivity index (χ3v) is 6.25. The Morgan fingerprint density at radius 3 is 1.97 bits per heavy atom. The summed E-state index contributed by atoms with van der Waals surface area (Å²) < 4.78 is 6.31. The Bertz CT molecular complexity index is 1820. The van der Waals surface area contributed by atoms with Crippen molar-refractivity contribution in [2.75, 3.05) is 0 Å². The lowest BCUT2D eigenvalue weighted by Crippen LogP contribution is -1.95. The molecule has 0 spiro atoms. The Balaban J connectivity index is 1.54. The van der Waals surface area contributed by atoms with Crippen LogP contribution < -0.4 is 0 Å². The fourth-order valence-corrected chi connectivity index (χ4v) is 4.65. The lowest BCUT2D eigenvalue weighted by atomic mass is 9.99. The minimum Gasteiger partial charge on any atom is -0.455 e. The van der Waals surface area contributed by atoms with Crippen LogP contribution in [0.2, 0.25) is 0 Å². The molecule has 3 nitrogen and oxygen atoms in total. The molecule has 0 saturated carbocycles. The topological polar surface area (TPSA) is 38.9 Å². The number of hydrogen-bond donors (Lipinski definition) is 0. The van der Waals surface area contributed by atoms with E-state index in [1.165, 1.54) is 0 Å². The Morgan fingerprint density at radius 2 is 1.15 bits per heavy atom. The van der Waals surface area contributed by atoms with Crippen molar-refractivity contribution in [3.63, 3.8) is 0 Å². The van der Waals surface area contributed by atoms with Crippen molar-refractivity contribution in [1.29, 1.82) is 0 Å². The molecule has 0 N–H and O–H groups in total. The second-order valence-corrected chi connectivity index (χ2v) is 8.25. The summed E-state index contributed by atoms with van der Waals surface area (Å²) in [5.74, 6) is 0. The molecule has 2 heterocycles. The summed E-state index contributed by atoms with van der Waals surface area (Å²) in [5.41, 5.74) is 7.40. The normalized spacial score (nSPS) is 11.6. The van der Waals surface area contributed by atoms with E-state index in [9.17, 15) is 0 Å². The molecule has 0 aliphatic heterocycles. The van der Waals surface area contributed by atoms with Crippen molar-refractivity contribution in [2.24, 2.45) is 0 Å². The SMILES string of the molecule is c1ccc(-c2nc3ccccc3nc2-c2ccc3ccc4c5ccccc5oc4c3c2)cc1. The van der Waals surface area contributed by atoms with Crippen molar-refractivity contribution in [2.45, 2.75) is 0 Å².